The summed E-state index contributed by atoms with van der Waals surface area (Å²) in [5.74, 6) is 0.881. The number of aliphatic hydroxyl groups is 1. The highest BCUT2D eigenvalue weighted by Gasteiger charge is 2.19. The Bertz CT molecular complexity index is 588. The fourth-order valence-corrected chi connectivity index (χ4v) is 2.61. The largest absolute Gasteiger partial charge is 0.490 e. The normalized spacial score (nSPS) is 15.0. The van der Waals surface area contributed by atoms with E-state index in [9.17, 15) is 5.11 Å². The zero-order chi connectivity index (χ0) is 15.2. The highest BCUT2D eigenvalue weighted by molar-refractivity contribution is 5.59. The Morgan fingerprint density at radius 1 is 1.09 bits per heavy atom. The molecule has 3 rings (SSSR count). The van der Waals surface area contributed by atoms with Crippen molar-refractivity contribution in [2.75, 3.05) is 31.2 Å². The summed E-state index contributed by atoms with van der Waals surface area (Å²) in [5, 5.41) is 10.2. The predicted octanol–water partition coefficient (Wildman–Crippen LogP) is 2.46. The summed E-state index contributed by atoms with van der Waals surface area (Å²) in [6.07, 6.45) is -0.519. The molecule has 0 saturated carbocycles. The minimum Gasteiger partial charge on any atom is -0.490 e. The third-order valence-corrected chi connectivity index (χ3v) is 3.68. The number of β-amino-alcohol motifs (C(OH)–C–C–N with tert-alkyl or cyclic N) is 1. The van der Waals surface area contributed by atoms with Gasteiger partial charge in [0.25, 0.3) is 0 Å². The number of hydrogen-bond acceptors (Lipinski definition) is 4. The molecule has 1 aliphatic rings. The van der Waals surface area contributed by atoms with Crippen molar-refractivity contribution in [1.82, 2.24) is 0 Å². The molecule has 1 N–H and O–H groups in total. The van der Waals surface area contributed by atoms with Gasteiger partial charge in [-0.1, -0.05) is 42.5 Å². The molecule has 0 radical (unpaired) electrons. The van der Waals surface area contributed by atoms with E-state index in [1.807, 2.05) is 54.6 Å². The van der Waals surface area contributed by atoms with Gasteiger partial charge in [0.05, 0.1) is 31.5 Å². The molecule has 1 aliphatic heterocycles. The minimum absolute atomic E-state index is 0.328. The van der Waals surface area contributed by atoms with Gasteiger partial charge in [-0.2, -0.15) is 0 Å². The van der Waals surface area contributed by atoms with Crippen LogP contribution in [0.5, 0.6) is 5.75 Å². The molecule has 1 unspecified atom stereocenters. The van der Waals surface area contributed by atoms with E-state index < -0.39 is 6.10 Å². The van der Waals surface area contributed by atoms with Crippen LogP contribution in [0.15, 0.2) is 54.6 Å². The van der Waals surface area contributed by atoms with Crippen LogP contribution in [0.25, 0.3) is 0 Å². The maximum absolute atomic E-state index is 10.2. The SMILES string of the molecule is OC(COCc1ccccc1)CN1CCOc2ccccc21. The number of benzene rings is 2. The Kier molecular flexibility index (Phi) is 4.93. The van der Waals surface area contributed by atoms with Crippen LogP contribution in [0, 0.1) is 0 Å². The maximum atomic E-state index is 10.2. The van der Waals surface area contributed by atoms with Crippen LogP contribution in [0.4, 0.5) is 5.69 Å². The van der Waals surface area contributed by atoms with Crippen LogP contribution in [0.2, 0.25) is 0 Å². The summed E-state index contributed by atoms with van der Waals surface area (Å²) in [5.41, 5.74) is 2.15. The summed E-state index contributed by atoms with van der Waals surface area (Å²) in [6, 6.07) is 17.9. The number of rotatable bonds is 6. The second kappa shape index (κ2) is 7.29. The summed E-state index contributed by atoms with van der Waals surface area (Å²) >= 11 is 0. The maximum Gasteiger partial charge on any atom is 0.142 e. The zero-order valence-corrected chi connectivity index (χ0v) is 12.5. The smallest absolute Gasteiger partial charge is 0.142 e. The fraction of sp³-hybridized carbons (Fsp3) is 0.333. The van der Waals surface area contributed by atoms with Crippen LogP contribution < -0.4 is 9.64 Å². The Hall–Kier alpha value is -2.04. The molecule has 0 amide bonds. The molecule has 2 aromatic rings. The number of aliphatic hydroxyl groups excluding tert-OH is 1. The van der Waals surface area contributed by atoms with Crippen molar-refractivity contribution in [2.24, 2.45) is 0 Å². The molecule has 4 nitrogen and oxygen atoms in total. The van der Waals surface area contributed by atoms with Gasteiger partial charge >= 0.3 is 0 Å². The average molecular weight is 299 g/mol. The van der Waals surface area contributed by atoms with Crippen molar-refractivity contribution in [2.45, 2.75) is 12.7 Å². The Labute approximate surface area is 130 Å². The topological polar surface area (TPSA) is 41.9 Å². The number of fused-ring (bicyclic) bond motifs is 1. The quantitative estimate of drug-likeness (QED) is 0.890. The van der Waals surface area contributed by atoms with E-state index in [1.54, 1.807) is 0 Å². The van der Waals surface area contributed by atoms with Crippen molar-refractivity contribution < 1.29 is 14.6 Å². The monoisotopic (exact) mass is 299 g/mol. The van der Waals surface area contributed by atoms with Crippen LogP contribution >= 0.6 is 0 Å². The highest BCUT2D eigenvalue weighted by Crippen LogP contribution is 2.30. The van der Waals surface area contributed by atoms with Gasteiger partial charge < -0.3 is 19.5 Å². The molecule has 1 heterocycles. The molecular formula is C18H21NO3. The zero-order valence-electron chi connectivity index (χ0n) is 12.5. The van der Waals surface area contributed by atoms with E-state index in [-0.39, 0.29) is 0 Å². The fourth-order valence-electron chi connectivity index (χ4n) is 2.61. The molecule has 0 spiro atoms. The van der Waals surface area contributed by atoms with Crippen LogP contribution in [-0.4, -0.2) is 37.5 Å². The molecule has 4 heteroatoms. The van der Waals surface area contributed by atoms with Crippen LogP contribution in [0.1, 0.15) is 5.56 Å². The number of para-hydroxylation sites is 2. The van der Waals surface area contributed by atoms with Gasteiger partial charge in [0, 0.05) is 6.54 Å². The molecule has 116 valence electrons. The first-order valence-electron chi connectivity index (χ1n) is 7.59. The molecule has 1 atom stereocenters. The lowest BCUT2D eigenvalue weighted by Gasteiger charge is -2.32. The van der Waals surface area contributed by atoms with E-state index >= 15 is 0 Å². The third kappa shape index (κ3) is 3.78. The van der Waals surface area contributed by atoms with Gasteiger partial charge in [0.15, 0.2) is 0 Å². The van der Waals surface area contributed by atoms with Gasteiger partial charge in [-0.25, -0.2) is 0 Å². The second-order valence-electron chi connectivity index (χ2n) is 5.42. The molecule has 0 saturated heterocycles. The second-order valence-corrected chi connectivity index (χ2v) is 5.42. The van der Waals surface area contributed by atoms with Crippen LogP contribution in [-0.2, 0) is 11.3 Å². The van der Waals surface area contributed by atoms with Crippen molar-refractivity contribution in [3.63, 3.8) is 0 Å². The molecule has 2 aromatic carbocycles. The van der Waals surface area contributed by atoms with Crippen molar-refractivity contribution in [1.29, 1.82) is 0 Å². The Morgan fingerprint density at radius 3 is 2.73 bits per heavy atom. The standard InChI is InChI=1S/C18H21NO3/c20-16(14-21-13-15-6-2-1-3-7-15)12-19-10-11-22-18-9-5-4-8-17(18)19/h1-9,16,20H,10-14H2. The molecule has 0 fully saturated rings. The third-order valence-electron chi connectivity index (χ3n) is 3.68. The first-order valence-corrected chi connectivity index (χ1v) is 7.59. The van der Waals surface area contributed by atoms with E-state index in [4.69, 9.17) is 9.47 Å². The van der Waals surface area contributed by atoms with Gasteiger partial charge in [-0.05, 0) is 17.7 Å². The predicted molar refractivity (Wildman–Crippen MR) is 86.3 cm³/mol. The first kappa shape index (κ1) is 14.9. The van der Waals surface area contributed by atoms with Crippen molar-refractivity contribution in [3.05, 3.63) is 60.2 Å². The number of nitrogens with zero attached hydrogens (tertiary/aromatic N) is 1. The number of ether oxygens (including phenoxy) is 2. The molecule has 22 heavy (non-hydrogen) atoms. The van der Waals surface area contributed by atoms with E-state index in [0.717, 1.165) is 23.5 Å². The summed E-state index contributed by atoms with van der Waals surface area (Å²) in [4.78, 5) is 2.15. The summed E-state index contributed by atoms with van der Waals surface area (Å²) in [7, 11) is 0. The van der Waals surface area contributed by atoms with Gasteiger partial charge in [0.1, 0.15) is 12.4 Å². The lowest BCUT2D eigenvalue weighted by atomic mass is 10.2. The van der Waals surface area contributed by atoms with Gasteiger partial charge in [-0.3, -0.25) is 0 Å². The lowest BCUT2D eigenvalue weighted by molar-refractivity contribution is 0.0314. The summed E-state index contributed by atoms with van der Waals surface area (Å²) < 4.78 is 11.2. The van der Waals surface area contributed by atoms with Gasteiger partial charge in [0.2, 0.25) is 0 Å². The minimum atomic E-state index is -0.519. The van der Waals surface area contributed by atoms with Crippen LogP contribution in [0.3, 0.4) is 0 Å². The summed E-state index contributed by atoms with van der Waals surface area (Å²) in [6.45, 7) is 2.84. The Morgan fingerprint density at radius 2 is 1.86 bits per heavy atom. The van der Waals surface area contributed by atoms with Crippen molar-refractivity contribution in [3.8, 4) is 5.75 Å². The van der Waals surface area contributed by atoms with Crippen molar-refractivity contribution >= 4 is 5.69 Å². The first-order chi connectivity index (χ1) is 10.8. The number of hydrogen-bond donors (Lipinski definition) is 1. The Balaban J connectivity index is 1.49. The average Bonchev–Trinajstić information content (AvgIpc) is 2.56. The molecular weight excluding hydrogens is 278 g/mol. The lowest BCUT2D eigenvalue weighted by Crippen LogP contribution is -2.39. The number of anilines is 1. The van der Waals surface area contributed by atoms with E-state index in [1.165, 1.54) is 0 Å². The molecule has 0 aliphatic carbocycles. The van der Waals surface area contributed by atoms with E-state index in [2.05, 4.69) is 4.90 Å². The van der Waals surface area contributed by atoms with Gasteiger partial charge in [-0.15, -0.1) is 0 Å². The van der Waals surface area contributed by atoms with E-state index in [0.29, 0.717) is 26.4 Å². The molecule has 0 bridgehead atoms. The molecule has 0 aromatic heterocycles. The highest BCUT2D eigenvalue weighted by atomic mass is 16.5.